The van der Waals surface area contributed by atoms with Crippen molar-refractivity contribution in [2.75, 3.05) is 53.8 Å². The van der Waals surface area contributed by atoms with E-state index in [2.05, 4.69) is 5.32 Å². The Labute approximate surface area is 115 Å². The van der Waals surface area contributed by atoms with E-state index in [1.165, 1.54) is 7.11 Å². The zero-order valence-corrected chi connectivity index (χ0v) is 12.4. The molecule has 1 N–H and O–H groups in total. The SMILES string of the molecule is COCCOCCOCCNC(C(=O)OC)C(C)C. The van der Waals surface area contributed by atoms with E-state index in [9.17, 15) is 4.79 Å². The lowest BCUT2D eigenvalue weighted by atomic mass is 10.1. The maximum Gasteiger partial charge on any atom is 0.323 e. The highest BCUT2D eigenvalue weighted by Crippen LogP contribution is 2.02. The number of carbonyl (C=O) groups is 1. The molecule has 0 rings (SSSR count). The molecule has 6 heteroatoms. The van der Waals surface area contributed by atoms with Gasteiger partial charge in [0.2, 0.25) is 0 Å². The van der Waals surface area contributed by atoms with Crippen LogP contribution in [0.15, 0.2) is 0 Å². The summed E-state index contributed by atoms with van der Waals surface area (Å²) in [5.41, 5.74) is 0. The molecule has 0 fully saturated rings. The average molecular weight is 277 g/mol. The van der Waals surface area contributed by atoms with Crippen LogP contribution in [0.5, 0.6) is 0 Å². The van der Waals surface area contributed by atoms with Gasteiger partial charge in [-0.05, 0) is 5.92 Å². The minimum absolute atomic E-state index is 0.185. The van der Waals surface area contributed by atoms with Gasteiger partial charge in [0.05, 0.1) is 40.1 Å². The molecule has 114 valence electrons. The number of rotatable bonds is 12. The smallest absolute Gasteiger partial charge is 0.323 e. The van der Waals surface area contributed by atoms with Crippen LogP contribution in [0.1, 0.15) is 13.8 Å². The van der Waals surface area contributed by atoms with E-state index >= 15 is 0 Å². The quantitative estimate of drug-likeness (QED) is 0.413. The molecule has 0 spiro atoms. The maximum atomic E-state index is 11.5. The third-order valence-corrected chi connectivity index (χ3v) is 2.54. The van der Waals surface area contributed by atoms with Gasteiger partial charge in [0.15, 0.2) is 0 Å². The minimum atomic E-state index is -0.286. The number of ether oxygens (including phenoxy) is 4. The standard InChI is InChI=1S/C13H27NO5/c1-11(2)12(13(15)17-4)14-5-6-18-9-10-19-8-7-16-3/h11-12,14H,5-10H2,1-4H3. The molecule has 0 aliphatic rings. The summed E-state index contributed by atoms with van der Waals surface area (Å²) in [6, 6.07) is -0.286. The van der Waals surface area contributed by atoms with Crippen molar-refractivity contribution in [2.24, 2.45) is 5.92 Å². The van der Waals surface area contributed by atoms with Crippen LogP contribution in [-0.4, -0.2) is 65.8 Å². The number of hydrogen-bond donors (Lipinski definition) is 1. The summed E-state index contributed by atoms with van der Waals surface area (Å²) in [4.78, 5) is 11.5. The Hall–Kier alpha value is -0.690. The molecule has 0 saturated heterocycles. The Morgan fingerprint density at radius 1 is 1.00 bits per heavy atom. The van der Waals surface area contributed by atoms with Crippen molar-refractivity contribution in [3.05, 3.63) is 0 Å². The molecular weight excluding hydrogens is 250 g/mol. The molecule has 0 radical (unpaired) electrons. The van der Waals surface area contributed by atoms with Gasteiger partial charge in [0.25, 0.3) is 0 Å². The molecule has 0 aromatic carbocycles. The van der Waals surface area contributed by atoms with Crippen LogP contribution >= 0.6 is 0 Å². The van der Waals surface area contributed by atoms with Crippen molar-refractivity contribution < 1.29 is 23.7 Å². The predicted molar refractivity (Wildman–Crippen MR) is 72.2 cm³/mol. The monoisotopic (exact) mass is 277 g/mol. The zero-order valence-electron chi connectivity index (χ0n) is 12.4. The first-order valence-corrected chi connectivity index (χ1v) is 6.59. The van der Waals surface area contributed by atoms with Crippen molar-refractivity contribution in [2.45, 2.75) is 19.9 Å². The van der Waals surface area contributed by atoms with Crippen LogP contribution < -0.4 is 5.32 Å². The lowest BCUT2D eigenvalue weighted by Gasteiger charge is -2.19. The number of esters is 1. The molecule has 0 bridgehead atoms. The molecule has 6 nitrogen and oxygen atoms in total. The lowest BCUT2D eigenvalue weighted by Crippen LogP contribution is -2.43. The van der Waals surface area contributed by atoms with Gasteiger partial charge in [-0.15, -0.1) is 0 Å². The van der Waals surface area contributed by atoms with Crippen molar-refractivity contribution in [3.8, 4) is 0 Å². The third kappa shape index (κ3) is 9.84. The Bertz CT molecular complexity index is 223. The largest absolute Gasteiger partial charge is 0.468 e. The van der Waals surface area contributed by atoms with Gasteiger partial charge in [-0.25, -0.2) is 0 Å². The second-order valence-corrected chi connectivity index (χ2v) is 4.42. The highest BCUT2D eigenvalue weighted by Gasteiger charge is 2.21. The Balaban J connectivity index is 3.48. The highest BCUT2D eigenvalue weighted by molar-refractivity contribution is 5.75. The molecule has 0 aromatic rings. The Morgan fingerprint density at radius 3 is 2.11 bits per heavy atom. The number of nitrogens with one attached hydrogen (secondary N) is 1. The van der Waals surface area contributed by atoms with E-state index in [-0.39, 0.29) is 17.9 Å². The molecule has 0 aliphatic carbocycles. The van der Waals surface area contributed by atoms with Crippen LogP contribution in [0.2, 0.25) is 0 Å². The fourth-order valence-electron chi connectivity index (χ4n) is 1.47. The average Bonchev–Trinajstić information content (AvgIpc) is 2.40. The molecule has 0 saturated carbocycles. The van der Waals surface area contributed by atoms with Crippen LogP contribution in [-0.2, 0) is 23.7 Å². The Morgan fingerprint density at radius 2 is 1.58 bits per heavy atom. The van der Waals surface area contributed by atoms with E-state index in [1.54, 1.807) is 7.11 Å². The molecular formula is C13H27NO5. The zero-order chi connectivity index (χ0) is 14.5. The van der Waals surface area contributed by atoms with E-state index in [4.69, 9.17) is 18.9 Å². The number of carbonyl (C=O) groups excluding carboxylic acids is 1. The van der Waals surface area contributed by atoms with Crippen molar-refractivity contribution >= 4 is 5.97 Å². The van der Waals surface area contributed by atoms with Gasteiger partial charge < -0.3 is 24.3 Å². The molecule has 0 amide bonds. The van der Waals surface area contributed by atoms with Crippen molar-refractivity contribution in [3.63, 3.8) is 0 Å². The first kappa shape index (κ1) is 18.3. The molecule has 0 aliphatic heterocycles. The summed E-state index contributed by atoms with van der Waals surface area (Å²) in [5, 5.41) is 3.12. The molecule has 1 unspecified atom stereocenters. The number of hydrogen-bond acceptors (Lipinski definition) is 6. The van der Waals surface area contributed by atoms with E-state index in [0.717, 1.165) is 0 Å². The predicted octanol–water partition coefficient (Wildman–Crippen LogP) is 0.453. The van der Waals surface area contributed by atoms with Gasteiger partial charge >= 0.3 is 5.97 Å². The van der Waals surface area contributed by atoms with Gasteiger partial charge in [-0.2, -0.15) is 0 Å². The van der Waals surface area contributed by atoms with Gasteiger partial charge in [0, 0.05) is 13.7 Å². The maximum absolute atomic E-state index is 11.5. The highest BCUT2D eigenvalue weighted by atomic mass is 16.5. The molecule has 0 aromatic heterocycles. The molecule has 19 heavy (non-hydrogen) atoms. The van der Waals surface area contributed by atoms with E-state index in [0.29, 0.717) is 39.6 Å². The molecule has 0 heterocycles. The van der Waals surface area contributed by atoms with Crippen molar-refractivity contribution in [1.82, 2.24) is 5.32 Å². The fourth-order valence-corrected chi connectivity index (χ4v) is 1.47. The summed E-state index contributed by atoms with van der Waals surface area (Å²) >= 11 is 0. The van der Waals surface area contributed by atoms with Crippen LogP contribution in [0, 0.1) is 5.92 Å². The van der Waals surface area contributed by atoms with Crippen LogP contribution in [0.25, 0.3) is 0 Å². The van der Waals surface area contributed by atoms with Crippen LogP contribution in [0.3, 0.4) is 0 Å². The minimum Gasteiger partial charge on any atom is -0.468 e. The summed E-state index contributed by atoms with van der Waals surface area (Å²) in [6.07, 6.45) is 0. The normalized spacial score (nSPS) is 12.7. The summed E-state index contributed by atoms with van der Waals surface area (Å²) in [7, 11) is 3.03. The first-order valence-electron chi connectivity index (χ1n) is 6.59. The van der Waals surface area contributed by atoms with E-state index in [1.807, 2.05) is 13.8 Å². The first-order chi connectivity index (χ1) is 9.13. The second kappa shape index (κ2) is 12.3. The van der Waals surface area contributed by atoms with Gasteiger partial charge in [0.1, 0.15) is 6.04 Å². The molecule has 1 atom stereocenters. The van der Waals surface area contributed by atoms with Crippen LogP contribution in [0.4, 0.5) is 0 Å². The lowest BCUT2D eigenvalue weighted by molar-refractivity contribution is -0.144. The van der Waals surface area contributed by atoms with E-state index < -0.39 is 0 Å². The summed E-state index contributed by atoms with van der Waals surface area (Å²) < 4.78 is 20.2. The van der Waals surface area contributed by atoms with Gasteiger partial charge in [-0.1, -0.05) is 13.8 Å². The summed E-state index contributed by atoms with van der Waals surface area (Å²) in [6.45, 7) is 7.35. The van der Waals surface area contributed by atoms with Gasteiger partial charge in [-0.3, -0.25) is 4.79 Å². The second-order valence-electron chi connectivity index (χ2n) is 4.42. The number of methoxy groups -OCH3 is 2. The fraction of sp³-hybridized carbons (Fsp3) is 0.923. The topological polar surface area (TPSA) is 66.0 Å². The Kier molecular flexibility index (Phi) is 11.9. The summed E-state index contributed by atoms with van der Waals surface area (Å²) in [5.74, 6) is -0.0530. The third-order valence-electron chi connectivity index (χ3n) is 2.54. The van der Waals surface area contributed by atoms with Crippen molar-refractivity contribution in [1.29, 1.82) is 0 Å².